The first-order valence-corrected chi connectivity index (χ1v) is 4.62. The maximum atomic E-state index is 10.2. The zero-order chi connectivity index (χ0) is 8.81. The van der Waals surface area contributed by atoms with Gasteiger partial charge >= 0.3 is 5.97 Å². The molecule has 3 heteroatoms. The maximum Gasteiger partial charge on any atom is 0.303 e. The molecule has 3 nitrogen and oxygen atoms in total. The van der Waals surface area contributed by atoms with Gasteiger partial charge in [0.15, 0.2) is 0 Å². The molecule has 1 fully saturated rings. The Balaban J connectivity index is 1.91. The minimum absolute atomic E-state index is 0.298. The molecule has 1 rings (SSSR count). The SMILES string of the molecule is O=C(O)CCCC[C@@H]1CCCO1. The largest absolute Gasteiger partial charge is 0.481 e. The highest BCUT2D eigenvalue weighted by Crippen LogP contribution is 2.17. The number of unbranched alkanes of at least 4 members (excludes halogenated alkanes) is 1. The van der Waals surface area contributed by atoms with Crippen molar-refractivity contribution >= 4 is 5.97 Å². The van der Waals surface area contributed by atoms with Crippen molar-refractivity contribution in [3.05, 3.63) is 0 Å². The lowest BCUT2D eigenvalue weighted by atomic mass is 10.1. The topological polar surface area (TPSA) is 46.5 Å². The molecule has 1 atom stereocenters. The van der Waals surface area contributed by atoms with E-state index in [1.807, 2.05) is 0 Å². The van der Waals surface area contributed by atoms with Crippen LogP contribution in [0.15, 0.2) is 0 Å². The molecule has 1 heterocycles. The van der Waals surface area contributed by atoms with Gasteiger partial charge in [0.2, 0.25) is 0 Å². The fraction of sp³-hybridized carbons (Fsp3) is 0.889. The number of hydrogen-bond acceptors (Lipinski definition) is 2. The van der Waals surface area contributed by atoms with Crippen LogP contribution < -0.4 is 0 Å². The van der Waals surface area contributed by atoms with Crippen molar-refractivity contribution < 1.29 is 14.6 Å². The quantitative estimate of drug-likeness (QED) is 0.643. The van der Waals surface area contributed by atoms with Crippen molar-refractivity contribution in [1.29, 1.82) is 0 Å². The second-order valence-electron chi connectivity index (χ2n) is 3.27. The first kappa shape index (κ1) is 9.52. The van der Waals surface area contributed by atoms with E-state index in [-0.39, 0.29) is 0 Å². The van der Waals surface area contributed by atoms with Crippen LogP contribution in [0.2, 0.25) is 0 Å². The Labute approximate surface area is 72.7 Å². The molecule has 0 spiro atoms. The summed E-state index contributed by atoms with van der Waals surface area (Å²) in [5.74, 6) is -0.692. The fourth-order valence-electron chi connectivity index (χ4n) is 1.52. The van der Waals surface area contributed by atoms with E-state index in [9.17, 15) is 4.79 Å². The van der Waals surface area contributed by atoms with Crippen LogP contribution in [0.25, 0.3) is 0 Å². The normalized spacial score (nSPS) is 22.8. The van der Waals surface area contributed by atoms with Crippen LogP contribution in [0.4, 0.5) is 0 Å². The summed E-state index contributed by atoms with van der Waals surface area (Å²) in [6.07, 6.45) is 5.85. The summed E-state index contributed by atoms with van der Waals surface area (Å²) in [6.45, 7) is 0.892. The Kier molecular flexibility index (Phi) is 4.08. The summed E-state index contributed by atoms with van der Waals surface area (Å²) in [4.78, 5) is 10.2. The Morgan fingerprint density at radius 2 is 2.33 bits per heavy atom. The van der Waals surface area contributed by atoms with Gasteiger partial charge in [-0.1, -0.05) is 6.42 Å². The Morgan fingerprint density at radius 3 is 2.92 bits per heavy atom. The van der Waals surface area contributed by atoms with Crippen molar-refractivity contribution in [2.75, 3.05) is 6.61 Å². The lowest BCUT2D eigenvalue weighted by Gasteiger charge is -2.07. The molecule has 70 valence electrons. The van der Waals surface area contributed by atoms with Gasteiger partial charge in [0.25, 0.3) is 0 Å². The molecular formula is C9H16O3. The van der Waals surface area contributed by atoms with Gasteiger partial charge in [0.1, 0.15) is 0 Å². The van der Waals surface area contributed by atoms with Gasteiger partial charge < -0.3 is 9.84 Å². The molecule has 1 N–H and O–H groups in total. The van der Waals surface area contributed by atoms with Crippen LogP contribution in [0.3, 0.4) is 0 Å². The summed E-state index contributed by atoms with van der Waals surface area (Å²) >= 11 is 0. The highest BCUT2D eigenvalue weighted by molar-refractivity contribution is 5.66. The smallest absolute Gasteiger partial charge is 0.303 e. The number of hydrogen-bond donors (Lipinski definition) is 1. The van der Waals surface area contributed by atoms with E-state index in [0.717, 1.165) is 32.3 Å². The monoisotopic (exact) mass is 172 g/mol. The van der Waals surface area contributed by atoms with Gasteiger partial charge in [-0.05, 0) is 25.7 Å². The van der Waals surface area contributed by atoms with E-state index >= 15 is 0 Å². The standard InChI is InChI=1S/C9H16O3/c10-9(11)6-2-1-4-8-5-3-7-12-8/h8H,1-7H2,(H,10,11)/t8-/m1/s1. The van der Waals surface area contributed by atoms with Gasteiger partial charge in [-0.25, -0.2) is 0 Å². The van der Waals surface area contributed by atoms with Crippen LogP contribution in [0, 0.1) is 0 Å². The van der Waals surface area contributed by atoms with Crippen LogP contribution in [0.5, 0.6) is 0 Å². The Morgan fingerprint density at radius 1 is 1.50 bits per heavy atom. The number of aliphatic carboxylic acids is 1. The second kappa shape index (κ2) is 5.14. The average molecular weight is 172 g/mol. The average Bonchev–Trinajstić information content (AvgIpc) is 2.49. The molecule has 0 aromatic rings. The maximum absolute atomic E-state index is 10.2. The van der Waals surface area contributed by atoms with Crippen molar-refractivity contribution in [3.8, 4) is 0 Å². The van der Waals surface area contributed by atoms with Gasteiger partial charge in [-0.3, -0.25) is 4.79 Å². The first-order chi connectivity index (χ1) is 5.79. The molecule has 0 bridgehead atoms. The summed E-state index contributed by atoms with van der Waals surface area (Å²) in [5.41, 5.74) is 0. The van der Waals surface area contributed by atoms with E-state index in [4.69, 9.17) is 9.84 Å². The highest BCUT2D eigenvalue weighted by Gasteiger charge is 2.14. The minimum atomic E-state index is -0.692. The molecule has 1 saturated heterocycles. The van der Waals surface area contributed by atoms with Gasteiger partial charge in [0, 0.05) is 13.0 Å². The Hall–Kier alpha value is -0.570. The molecular weight excluding hydrogens is 156 g/mol. The fourth-order valence-corrected chi connectivity index (χ4v) is 1.52. The molecule has 0 saturated carbocycles. The molecule has 0 amide bonds. The van der Waals surface area contributed by atoms with Crippen LogP contribution in [-0.2, 0) is 9.53 Å². The van der Waals surface area contributed by atoms with Crippen molar-refractivity contribution in [1.82, 2.24) is 0 Å². The van der Waals surface area contributed by atoms with Gasteiger partial charge in [-0.2, -0.15) is 0 Å². The zero-order valence-corrected chi connectivity index (χ0v) is 7.29. The summed E-state index contributed by atoms with van der Waals surface area (Å²) in [6, 6.07) is 0. The predicted molar refractivity (Wildman–Crippen MR) is 45.1 cm³/mol. The lowest BCUT2D eigenvalue weighted by molar-refractivity contribution is -0.137. The summed E-state index contributed by atoms with van der Waals surface area (Å²) < 4.78 is 5.41. The number of carbonyl (C=O) groups is 1. The highest BCUT2D eigenvalue weighted by atomic mass is 16.5. The molecule has 0 aromatic heterocycles. The van der Waals surface area contributed by atoms with Crippen molar-refractivity contribution in [2.24, 2.45) is 0 Å². The molecule has 12 heavy (non-hydrogen) atoms. The summed E-state index contributed by atoms with van der Waals surface area (Å²) in [5, 5.41) is 8.37. The van der Waals surface area contributed by atoms with Crippen LogP contribution in [-0.4, -0.2) is 23.8 Å². The third-order valence-corrected chi connectivity index (χ3v) is 2.19. The molecule has 0 unspecified atom stereocenters. The first-order valence-electron chi connectivity index (χ1n) is 4.62. The van der Waals surface area contributed by atoms with E-state index in [2.05, 4.69) is 0 Å². The third kappa shape index (κ3) is 3.72. The number of carboxylic acids is 1. The number of ether oxygens (including phenoxy) is 1. The zero-order valence-electron chi connectivity index (χ0n) is 7.29. The molecule has 0 aliphatic carbocycles. The lowest BCUT2D eigenvalue weighted by Crippen LogP contribution is -2.04. The van der Waals surface area contributed by atoms with Crippen LogP contribution in [0.1, 0.15) is 38.5 Å². The molecule has 1 aliphatic heterocycles. The van der Waals surface area contributed by atoms with E-state index < -0.39 is 5.97 Å². The Bertz CT molecular complexity index is 139. The number of carboxylic acid groups (broad SMARTS) is 1. The van der Waals surface area contributed by atoms with Gasteiger partial charge in [0.05, 0.1) is 6.10 Å². The van der Waals surface area contributed by atoms with Crippen molar-refractivity contribution in [2.45, 2.75) is 44.6 Å². The van der Waals surface area contributed by atoms with Crippen molar-refractivity contribution in [3.63, 3.8) is 0 Å². The third-order valence-electron chi connectivity index (χ3n) is 2.19. The van der Waals surface area contributed by atoms with Gasteiger partial charge in [-0.15, -0.1) is 0 Å². The second-order valence-corrected chi connectivity index (χ2v) is 3.27. The molecule has 0 radical (unpaired) electrons. The van der Waals surface area contributed by atoms with E-state index in [0.29, 0.717) is 12.5 Å². The molecule has 0 aromatic carbocycles. The number of rotatable bonds is 5. The van der Waals surface area contributed by atoms with E-state index in [1.165, 1.54) is 6.42 Å². The van der Waals surface area contributed by atoms with Crippen LogP contribution >= 0.6 is 0 Å². The summed E-state index contributed by atoms with van der Waals surface area (Å²) in [7, 11) is 0. The minimum Gasteiger partial charge on any atom is -0.481 e. The molecule has 1 aliphatic rings. The predicted octanol–water partition coefficient (Wildman–Crippen LogP) is 1.81. The van der Waals surface area contributed by atoms with E-state index in [1.54, 1.807) is 0 Å².